The number of pyridine rings is 2. The van der Waals surface area contributed by atoms with Crippen LogP contribution in [0.3, 0.4) is 0 Å². The van der Waals surface area contributed by atoms with E-state index in [1.165, 1.54) is 6.07 Å². The minimum absolute atomic E-state index is 0.135. The molecule has 4 heterocycles. The Labute approximate surface area is 231 Å². The highest BCUT2D eigenvalue weighted by Crippen LogP contribution is 2.45. The maximum absolute atomic E-state index is 13.6. The number of nitrogens with zero attached hydrogens (tertiary/aromatic N) is 3. The van der Waals surface area contributed by atoms with Crippen LogP contribution in [0.4, 0.5) is 13.2 Å². The fourth-order valence-corrected chi connectivity index (χ4v) is 6.10. The minimum Gasteiger partial charge on any atom is -0.481 e. The molecule has 1 N–H and O–H groups in total. The maximum atomic E-state index is 13.6. The molecule has 1 unspecified atom stereocenters. The Balaban J connectivity index is 1.62. The van der Waals surface area contributed by atoms with Crippen molar-refractivity contribution in [3.05, 3.63) is 63.9 Å². The third kappa shape index (κ3) is 5.59. The zero-order valence-electron chi connectivity index (χ0n) is 22.1. The molecule has 2 aliphatic heterocycles. The van der Waals surface area contributed by atoms with Gasteiger partial charge in [-0.25, -0.2) is 4.98 Å². The van der Waals surface area contributed by atoms with Gasteiger partial charge in [0.1, 0.15) is 11.3 Å². The summed E-state index contributed by atoms with van der Waals surface area (Å²) in [6.07, 6.45) is -0.345. The van der Waals surface area contributed by atoms with E-state index in [0.29, 0.717) is 65.9 Å². The monoisotopic (exact) mass is 563 g/mol. The zero-order valence-corrected chi connectivity index (χ0v) is 22.9. The molecular formula is C29H33ClF3N3O3. The number of aliphatic hydroxyl groups is 1. The van der Waals surface area contributed by atoms with Crippen LogP contribution in [-0.2, 0) is 23.1 Å². The van der Waals surface area contributed by atoms with E-state index in [1.54, 1.807) is 25.3 Å². The Hall–Kier alpha value is -2.46. The molecule has 0 amide bonds. The summed E-state index contributed by atoms with van der Waals surface area (Å²) in [4.78, 5) is 10.5. The Morgan fingerprint density at radius 3 is 2.44 bits per heavy atom. The van der Waals surface area contributed by atoms with Gasteiger partial charge >= 0.3 is 6.18 Å². The summed E-state index contributed by atoms with van der Waals surface area (Å²) >= 11 is 7.01. The van der Waals surface area contributed by atoms with E-state index in [2.05, 4.69) is 16.8 Å². The number of benzene rings is 1. The molecule has 0 bridgehead atoms. The standard InChI is InChI=1S/C29H33ClF3N3O3/c1-18-6-11-36(12-7-18)17-23-26(30)22-15-20(3-4-24(22)35-27(23)38-2)28(37,19-8-13-39-14-9-19)21-5-10-34-25(16-21)29(31,32)33/h3-5,10,15-16,18-19,37H,6-9,11-14,17H2,1-2H3. The normalized spacial score (nSPS) is 19.8. The van der Waals surface area contributed by atoms with Crippen LogP contribution in [0, 0.1) is 11.8 Å². The molecule has 0 spiro atoms. The van der Waals surface area contributed by atoms with E-state index < -0.39 is 17.5 Å². The van der Waals surface area contributed by atoms with E-state index in [0.717, 1.165) is 43.8 Å². The van der Waals surface area contributed by atoms with Gasteiger partial charge in [0.15, 0.2) is 0 Å². The van der Waals surface area contributed by atoms with Gasteiger partial charge < -0.3 is 14.6 Å². The van der Waals surface area contributed by atoms with Crippen molar-refractivity contribution in [3.63, 3.8) is 0 Å². The summed E-state index contributed by atoms with van der Waals surface area (Å²) in [7, 11) is 1.56. The first-order valence-corrected chi connectivity index (χ1v) is 13.7. The number of methoxy groups -OCH3 is 1. The largest absolute Gasteiger partial charge is 0.481 e. The number of hydrogen-bond acceptors (Lipinski definition) is 6. The van der Waals surface area contributed by atoms with Crippen LogP contribution in [0.15, 0.2) is 36.5 Å². The summed E-state index contributed by atoms with van der Waals surface area (Å²) in [5.74, 6) is 0.763. The first-order chi connectivity index (χ1) is 18.6. The predicted molar refractivity (Wildman–Crippen MR) is 143 cm³/mol. The topological polar surface area (TPSA) is 67.7 Å². The molecule has 10 heteroatoms. The molecule has 1 atom stereocenters. The number of hydrogen-bond donors (Lipinski definition) is 1. The van der Waals surface area contributed by atoms with Crippen molar-refractivity contribution >= 4 is 22.5 Å². The SMILES string of the molecule is COc1nc2ccc(C(O)(c3ccnc(C(F)(F)F)c3)C3CCOCC3)cc2c(Cl)c1CN1CCC(C)CC1. The van der Waals surface area contributed by atoms with Gasteiger partial charge in [-0.1, -0.05) is 24.6 Å². The van der Waals surface area contributed by atoms with Crippen molar-refractivity contribution in [2.45, 2.75) is 50.9 Å². The molecule has 2 aromatic heterocycles. The molecule has 2 aliphatic rings. The second kappa shape index (κ2) is 11.2. The molecule has 3 aromatic rings. The van der Waals surface area contributed by atoms with Crippen LogP contribution in [-0.4, -0.2) is 53.4 Å². The smallest absolute Gasteiger partial charge is 0.433 e. The van der Waals surface area contributed by atoms with Crippen molar-refractivity contribution in [1.82, 2.24) is 14.9 Å². The molecule has 0 saturated carbocycles. The minimum atomic E-state index is -4.64. The highest BCUT2D eigenvalue weighted by atomic mass is 35.5. The summed E-state index contributed by atoms with van der Waals surface area (Å²) < 4.78 is 51.9. The molecule has 5 rings (SSSR count). The van der Waals surface area contributed by atoms with Crippen molar-refractivity contribution in [3.8, 4) is 5.88 Å². The molecule has 6 nitrogen and oxygen atoms in total. The molecule has 0 aliphatic carbocycles. The van der Waals surface area contributed by atoms with Gasteiger partial charge in [-0.2, -0.15) is 13.2 Å². The molecular weight excluding hydrogens is 531 g/mol. The van der Waals surface area contributed by atoms with E-state index in [4.69, 9.17) is 26.1 Å². The average molecular weight is 564 g/mol. The van der Waals surface area contributed by atoms with Crippen molar-refractivity contribution in [2.75, 3.05) is 33.4 Å². The second-order valence-corrected chi connectivity index (χ2v) is 11.1. The Morgan fingerprint density at radius 1 is 1.08 bits per heavy atom. The van der Waals surface area contributed by atoms with Crippen LogP contribution < -0.4 is 4.74 Å². The van der Waals surface area contributed by atoms with E-state index >= 15 is 0 Å². The van der Waals surface area contributed by atoms with Gasteiger partial charge in [-0.3, -0.25) is 9.88 Å². The van der Waals surface area contributed by atoms with E-state index in [1.807, 2.05) is 0 Å². The number of likely N-dealkylation sites (tertiary alicyclic amines) is 1. The van der Waals surface area contributed by atoms with Crippen molar-refractivity contribution in [1.29, 1.82) is 0 Å². The highest BCUT2D eigenvalue weighted by Gasteiger charge is 2.43. The Bertz CT molecular complexity index is 1320. The van der Waals surface area contributed by atoms with Crippen LogP contribution >= 0.6 is 11.6 Å². The number of fused-ring (bicyclic) bond motifs is 1. The lowest BCUT2D eigenvalue weighted by Crippen LogP contribution is -2.40. The lowest BCUT2D eigenvalue weighted by Gasteiger charge is -2.39. The maximum Gasteiger partial charge on any atom is 0.433 e. The van der Waals surface area contributed by atoms with Crippen LogP contribution in [0.25, 0.3) is 10.9 Å². The first kappa shape index (κ1) is 28.1. The van der Waals surface area contributed by atoms with Crippen LogP contribution in [0.1, 0.15) is 55.0 Å². The number of ether oxygens (including phenoxy) is 2. The molecule has 2 fully saturated rings. The van der Waals surface area contributed by atoms with Gasteiger partial charge in [0.2, 0.25) is 5.88 Å². The number of piperidine rings is 1. The quantitative estimate of drug-likeness (QED) is 0.385. The van der Waals surface area contributed by atoms with Crippen LogP contribution in [0.2, 0.25) is 5.02 Å². The number of aromatic nitrogens is 2. The summed E-state index contributed by atoms with van der Waals surface area (Å²) in [6, 6.07) is 7.60. The average Bonchev–Trinajstić information content (AvgIpc) is 2.95. The van der Waals surface area contributed by atoms with E-state index in [-0.39, 0.29) is 11.5 Å². The molecule has 1 aromatic carbocycles. The summed E-state index contributed by atoms with van der Waals surface area (Å²) in [5, 5.41) is 13.4. The van der Waals surface area contributed by atoms with Gasteiger partial charge in [0.25, 0.3) is 0 Å². The molecule has 210 valence electrons. The van der Waals surface area contributed by atoms with Crippen LogP contribution in [0.5, 0.6) is 5.88 Å². The third-order valence-corrected chi connectivity index (χ3v) is 8.60. The van der Waals surface area contributed by atoms with Crippen molar-refractivity contribution < 1.29 is 27.8 Å². The highest BCUT2D eigenvalue weighted by molar-refractivity contribution is 6.36. The van der Waals surface area contributed by atoms with Gasteiger partial charge in [0.05, 0.1) is 17.6 Å². The van der Waals surface area contributed by atoms with Gasteiger partial charge in [0, 0.05) is 42.8 Å². The number of rotatable bonds is 6. The van der Waals surface area contributed by atoms with E-state index in [9.17, 15) is 18.3 Å². The number of halogens is 4. The fourth-order valence-electron chi connectivity index (χ4n) is 5.81. The summed E-state index contributed by atoms with van der Waals surface area (Å²) in [5.41, 5.74) is -0.834. The lowest BCUT2D eigenvalue weighted by molar-refractivity contribution is -0.141. The molecule has 39 heavy (non-hydrogen) atoms. The molecule has 0 radical (unpaired) electrons. The number of alkyl halides is 3. The Kier molecular flexibility index (Phi) is 8.06. The molecule has 2 saturated heterocycles. The Morgan fingerprint density at radius 2 is 1.77 bits per heavy atom. The van der Waals surface area contributed by atoms with Crippen molar-refractivity contribution in [2.24, 2.45) is 11.8 Å². The third-order valence-electron chi connectivity index (χ3n) is 8.17. The summed E-state index contributed by atoms with van der Waals surface area (Å²) in [6.45, 7) is 5.55. The zero-order chi connectivity index (χ0) is 27.8. The predicted octanol–water partition coefficient (Wildman–Crippen LogP) is 6.21. The van der Waals surface area contributed by atoms with Gasteiger partial charge in [-0.05, 0) is 80.1 Å². The lowest BCUT2D eigenvalue weighted by atomic mass is 9.72. The van der Waals surface area contributed by atoms with Gasteiger partial charge in [-0.15, -0.1) is 0 Å². The second-order valence-electron chi connectivity index (χ2n) is 10.7. The first-order valence-electron chi connectivity index (χ1n) is 13.3. The fraction of sp³-hybridized carbons (Fsp3) is 0.517.